The van der Waals surface area contributed by atoms with E-state index in [4.69, 9.17) is 9.94 Å². The second kappa shape index (κ2) is 8.67. The number of fused-ring (bicyclic) bond motifs is 1. The van der Waals surface area contributed by atoms with E-state index >= 15 is 0 Å². The van der Waals surface area contributed by atoms with Gasteiger partial charge in [0.1, 0.15) is 18.4 Å². The van der Waals surface area contributed by atoms with Crippen LogP contribution in [0, 0.1) is 0 Å². The molecule has 0 aromatic carbocycles. The Balaban J connectivity index is 1.79. The molecular formula is C20H24FN3O5. The van der Waals surface area contributed by atoms with E-state index in [0.29, 0.717) is 11.4 Å². The van der Waals surface area contributed by atoms with Crippen LogP contribution in [0.3, 0.4) is 0 Å². The van der Waals surface area contributed by atoms with Gasteiger partial charge in [-0.15, -0.1) is 0 Å². The molecule has 29 heavy (non-hydrogen) atoms. The summed E-state index contributed by atoms with van der Waals surface area (Å²) in [6.45, 7) is 0.370. The van der Waals surface area contributed by atoms with Gasteiger partial charge in [0, 0.05) is 12.6 Å². The van der Waals surface area contributed by atoms with Crippen molar-refractivity contribution in [2.24, 2.45) is 5.16 Å². The lowest BCUT2D eigenvalue weighted by Crippen LogP contribution is -2.53. The molecule has 1 aliphatic carbocycles. The molecule has 1 aromatic heterocycles. The third-order valence-corrected chi connectivity index (χ3v) is 5.52. The van der Waals surface area contributed by atoms with Crippen LogP contribution in [0.2, 0.25) is 0 Å². The Hall–Kier alpha value is -2.84. The van der Waals surface area contributed by atoms with Crippen LogP contribution in [0.15, 0.2) is 17.4 Å². The molecular weight excluding hydrogens is 381 g/mol. The molecule has 1 amide bonds. The fourth-order valence-corrected chi connectivity index (χ4v) is 3.79. The number of hydrogen-bond acceptors (Lipinski definition) is 6. The number of rotatable bonds is 8. The van der Waals surface area contributed by atoms with E-state index in [9.17, 15) is 18.8 Å². The smallest absolute Gasteiger partial charge is 0.305 e. The van der Waals surface area contributed by atoms with Gasteiger partial charge in [0.15, 0.2) is 5.78 Å². The van der Waals surface area contributed by atoms with Gasteiger partial charge in [-0.05, 0) is 49.3 Å². The molecule has 0 bridgehead atoms. The lowest BCUT2D eigenvalue weighted by molar-refractivity contribution is -0.148. The molecule has 1 aliphatic heterocycles. The summed E-state index contributed by atoms with van der Waals surface area (Å²) in [7, 11) is 0. The fourth-order valence-electron chi connectivity index (χ4n) is 3.79. The first kappa shape index (κ1) is 20.9. The Labute approximate surface area is 167 Å². The highest BCUT2D eigenvalue weighted by Crippen LogP contribution is 2.33. The van der Waals surface area contributed by atoms with Gasteiger partial charge >= 0.3 is 5.97 Å². The minimum Gasteiger partial charge on any atom is -0.481 e. The number of nitrogens with zero attached hydrogens (tertiary/aromatic N) is 2. The zero-order chi connectivity index (χ0) is 21.0. The SMILES string of the molecule is CCC1(C(=O)N[C@@H](CC(=O)O)C(=O)CF)CC(c2nccc3c2CCCC3)=NO1. The van der Waals surface area contributed by atoms with Crippen LogP contribution in [-0.2, 0) is 32.1 Å². The molecule has 0 fully saturated rings. The van der Waals surface area contributed by atoms with Crippen molar-refractivity contribution < 1.29 is 28.7 Å². The first-order chi connectivity index (χ1) is 13.9. The van der Waals surface area contributed by atoms with Crippen molar-refractivity contribution in [1.29, 1.82) is 0 Å². The summed E-state index contributed by atoms with van der Waals surface area (Å²) in [5.41, 5.74) is 2.21. The molecule has 0 saturated heterocycles. The zero-order valence-electron chi connectivity index (χ0n) is 16.2. The van der Waals surface area contributed by atoms with Crippen molar-refractivity contribution in [3.63, 3.8) is 0 Å². The van der Waals surface area contributed by atoms with Gasteiger partial charge in [-0.2, -0.15) is 0 Å². The topological polar surface area (TPSA) is 118 Å². The van der Waals surface area contributed by atoms with Crippen molar-refractivity contribution >= 4 is 23.4 Å². The normalized spacial score (nSPS) is 21.5. The summed E-state index contributed by atoms with van der Waals surface area (Å²) < 4.78 is 12.8. The molecule has 1 unspecified atom stereocenters. The Morgan fingerprint density at radius 1 is 1.34 bits per heavy atom. The maximum atomic E-state index is 12.9. The molecule has 3 rings (SSSR count). The lowest BCUT2D eigenvalue weighted by atomic mass is 9.86. The summed E-state index contributed by atoms with van der Waals surface area (Å²) in [5.74, 6) is -2.99. The van der Waals surface area contributed by atoms with E-state index in [2.05, 4.69) is 15.5 Å². The standard InChI is InChI=1S/C20H24FN3O5/c1-2-20(19(28)23-14(9-17(26)27)16(25)11-21)10-15(24-29-20)18-13-6-4-3-5-12(13)7-8-22-18/h7-8,14H,2-6,9-11H2,1H3,(H,23,28)(H,26,27)/t14-,20?/m0/s1. The number of oxime groups is 1. The summed E-state index contributed by atoms with van der Waals surface area (Å²) in [5, 5.41) is 15.4. The van der Waals surface area contributed by atoms with Crippen molar-refractivity contribution in [2.75, 3.05) is 6.67 Å². The molecule has 2 N–H and O–H groups in total. The minimum absolute atomic E-state index is 0.141. The molecule has 9 heteroatoms. The Morgan fingerprint density at radius 2 is 2.10 bits per heavy atom. The average molecular weight is 405 g/mol. The van der Waals surface area contributed by atoms with Crippen molar-refractivity contribution in [2.45, 2.75) is 63.5 Å². The number of carbonyl (C=O) groups is 3. The first-order valence-corrected chi connectivity index (χ1v) is 9.73. The minimum atomic E-state index is -1.45. The largest absolute Gasteiger partial charge is 0.481 e. The second-order valence-electron chi connectivity index (χ2n) is 7.38. The quantitative estimate of drug-likeness (QED) is 0.680. The molecule has 0 radical (unpaired) electrons. The maximum absolute atomic E-state index is 12.9. The van der Waals surface area contributed by atoms with E-state index in [1.165, 1.54) is 5.56 Å². The number of Topliss-reactive ketones (excluding diaryl/α,β-unsaturated/α-hetero) is 1. The Morgan fingerprint density at radius 3 is 2.79 bits per heavy atom. The van der Waals surface area contributed by atoms with E-state index in [1.807, 2.05) is 6.07 Å². The number of hydrogen-bond donors (Lipinski definition) is 2. The average Bonchev–Trinajstić information content (AvgIpc) is 3.17. The number of aliphatic carboxylic acids is 1. The number of aryl methyl sites for hydroxylation is 1. The predicted molar refractivity (Wildman–Crippen MR) is 101 cm³/mol. The van der Waals surface area contributed by atoms with Crippen LogP contribution in [0.5, 0.6) is 0 Å². The Kier molecular flexibility index (Phi) is 6.24. The second-order valence-corrected chi connectivity index (χ2v) is 7.38. The molecule has 2 aliphatic rings. The van der Waals surface area contributed by atoms with Gasteiger partial charge in [0.2, 0.25) is 5.60 Å². The number of carboxylic acid groups (broad SMARTS) is 1. The number of carboxylic acids is 1. The van der Waals surface area contributed by atoms with Crippen LogP contribution in [0.1, 0.15) is 55.8 Å². The number of nitrogens with one attached hydrogen (secondary N) is 1. The van der Waals surface area contributed by atoms with Crippen LogP contribution in [0.4, 0.5) is 4.39 Å². The third-order valence-electron chi connectivity index (χ3n) is 5.52. The number of pyridine rings is 1. The molecule has 8 nitrogen and oxygen atoms in total. The molecule has 2 atom stereocenters. The van der Waals surface area contributed by atoms with E-state index in [-0.39, 0.29) is 12.8 Å². The van der Waals surface area contributed by atoms with Crippen molar-refractivity contribution in [3.05, 3.63) is 29.1 Å². The van der Waals surface area contributed by atoms with E-state index in [1.54, 1.807) is 13.1 Å². The number of alkyl halides is 1. The highest BCUT2D eigenvalue weighted by molar-refractivity contribution is 6.06. The van der Waals surface area contributed by atoms with Crippen LogP contribution in [0.25, 0.3) is 0 Å². The number of carbonyl (C=O) groups excluding carboxylic acids is 2. The van der Waals surface area contributed by atoms with Crippen LogP contribution >= 0.6 is 0 Å². The van der Waals surface area contributed by atoms with Gasteiger partial charge in [0.05, 0.1) is 12.1 Å². The van der Waals surface area contributed by atoms with Crippen LogP contribution < -0.4 is 5.32 Å². The zero-order valence-corrected chi connectivity index (χ0v) is 16.2. The van der Waals surface area contributed by atoms with E-state index in [0.717, 1.165) is 31.2 Å². The number of aromatic nitrogens is 1. The summed E-state index contributed by atoms with van der Waals surface area (Å²) >= 11 is 0. The van der Waals surface area contributed by atoms with Crippen LogP contribution in [-0.4, -0.2) is 51.8 Å². The van der Waals surface area contributed by atoms with Gasteiger partial charge < -0.3 is 15.3 Å². The molecule has 2 heterocycles. The van der Waals surface area contributed by atoms with Gasteiger partial charge in [0.25, 0.3) is 5.91 Å². The fraction of sp³-hybridized carbons (Fsp3) is 0.550. The highest BCUT2D eigenvalue weighted by Gasteiger charge is 2.47. The lowest BCUT2D eigenvalue weighted by Gasteiger charge is -2.26. The van der Waals surface area contributed by atoms with Gasteiger partial charge in [-0.3, -0.25) is 19.4 Å². The monoisotopic (exact) mass is 405 g/mol. The predicted octanol–water partition coefficient (Wildman–Crippen LogP) is 1.73. The number of amides is 1. The molecule has 1 aromatic rings. The maximum Gasteiger partial charge on any atom is 0.305 e. The molecule has 156 valence electrons. The van der Waals surface area contributed by atoms with Gasteiger partial charge in [-0.1, -0.05) is 12.1 Å². The van der Waals surface area contributed by atoms with Gasteiger partial charge in [-0.25, -0.2) is 4.39 Å². The number of ketones is 1. The molecule has 0 saturated carbocycles. The Bertz CT molecular complexity index is 857. The summed E-state index contributed by atoms with van der Waals surface area (Å²) in [6, 6.07) is 0.538. The van der Waals surface area contributed by atoms with Crippen molar-refractivity contribution in [3.8, 4) is 0 Å². The highest BCUT2D eigenvalue weighted by atomic mass is 19.1. The third kappa shape index (κ3) is 4.28. The molecule has 0 spiro atoms. The van der Waals surface area contributed by atoms with Crippen molar-refractivity contribution in [1.82, 2.24) is 10.3 Å². The summed E-state index contributed by atoms with van der Waals surface area (Å²) in [4.78, 5) is 45.5. The first-order valence-electron chi connectivity index (χ1n) is 9.73. The van der Waals surface area contributed by atoms with E-state index < -0.39 is 42.4 Å². The number of halogens is 1. The summed E-state index contributed by atoms with van der Waals surface area (Å²) in [6.07, 6.45) is 5.43.